The molecule has 1 aromatic carbocycles. The zero-order valence-electron chi connectivity index (χ0n) is 14.4. The largest absolute Gasteiger partial charge is 0.351 e. The average Bonchev–Trinajstić information content (AvgIpc) is 3.09. The molecule has 2 bridgehead atoms. The van der Waals surface area contributed by atoms with Gasteiger partial charge in [-0.05, 0) is 49.3 Å². The molecule has 25 heavy (non-hydrogen) atoms. The Morgan fingerprint density at radius 2 is 2.08 bits per heavy atom. The summed E-state index contributed by atoms with van der Waals surface area (Å²) in [6.07, 6.45) is 5.20. The lowest BCUT2D eigenvalue weighted by Crippen LogP contribution is -2.48. The zero-order chi connectivity index (χ0) is 17.8. The van der Waals surface area contributed by atoms with Gasteiger partial charge in [-0.2, -0.15) is 0 Å². The van der Waals surface area contributed by atoms with Crippen molar-refractivity contribution in [2.45, 2.75) is 44.7 Å². The second-order valence-corrected chi connectivity index (χ2v) is 7.22. The average molecular weight is 340 g/mol. The molecular formula is C19H21FN4O. The summed E-state index contributed by atoms with van der Waals surface area (Å²) in [6, 6.07) is 6.00. The summed E-state index contributed by atoms with van der Waals surface area (Å²) in [5, 5.41) is 0. The fourth-order valence-electron chi connectivity index (χ4n) is 4.80. The molecule has 0 spiro atoms. The molecule has 0 saturated carbocycles. The van der Waals surface area contributed by atoms with Gasteiger partial charge in [0, 0.05) is 11.6 Å². The standard InChI is InChI=1S/C19H21FN4O/c1-11-3-4-13(8-16(11)17-22-9-14(20)10-23-17)19-6-5-15(7-12(19)2)24(19)18(21)25/h3-4,8-10,12,15H,5-7H2,1-2H3,(H2,21,25). The predicted molar refractivity (Wildman–Crippen MR) is 92.1 cm³/mol. The summed E-state index contributed by atoms with van der Waals surface area (Å²) in [5.74, 6) is 0.366. The van der Waals surface area contributed by atoms with E-state index < -0.39 is 5.82 Å². The maximum absolute atomic E-state index is 13.2. The first-order valence-corrected chi connectivity index (χ1v) is 8.61. The van der Waals surface area contributed by atoms with Crippen LogP contribution in [0.25, 0.3) is 11.4 Å². The van der Waals surface area contributed by atoms with Crippen LogP contribution in [0.2, 0.25) is 0 Å². The number of halogens is 1. The summed E-state index contributed by atoms with van der Waals surface area (Å²) >= 11 is 0. The Morgan fingerprint density at radius 1 is 1.36 bits per heavy atom. The van der Waals surface area contributed by atoms with Crippen molar-refractivity contribution in [2.24, 2.45) is 11.7 Å². The minimum Gasteiger partial charge on any atom is -0.351 e. The van der Waals surface area contributed by atoms with Crippen molar-refractivity contribution in [3.8, 4) is 11.4 Å². The highest BCUT2D eigenvalue weighted by atomic mass is 19.1. The van der Waals surface area contributed by atoms with Gasteiger partial charge in [0.1, 0.15) is 0 Å². The number of benzene rings is 1. The van der Waals surface area contributed by atoms with Crippen molar-refractivity contribution in [1.29, 1.82) is 0 Å². The number of carbonyl (C=O) groups excluding carboxylic acids is 1. The van der Waals surface area contributed by atoms with E-state index in [-0.39, 0.29) is 17.6 Å². The number of urea groups is 1. The van der Waals surface area contributed by atoms with Crippen LogP contribution in [0.4, 0.5) is 9.18 Å². The lowest BCUT2D eigenvalue weighted by molar-refractivity contribution is 0.143. The quantitative estimate of drug-likeness (QED) is 0.911. The number of amides is 2. The van der Waals surface area contributed by atoms with Gasteiger partial charge in [-0.15, -0.1) is 0 Å². The molecule has 2 aliphatic heterocycles. The van der Waals surface area contributed by atoms with Gasteiger partial charge in [0.2, 0.25) is 0 Å². The summed E-state index contributed by atoms with van der Waals surface area (Å²) in [5.41, 5.74) is 8.29. The number of primary amides is 1. The fraction of sp³-hybridized carbons (Fsp3) is 0.421. The zero-order valence-corrected chi connectivity index (χ0v) is 14.4. The number of aryl methyl sites for hydroxylation is 1. The number of carbonyl (C=O) groups is 1. The molecule has 6 heteroatoms. The van der Waals surface area contributed by atoms with Crippen LogP contribution < -0.4 is 5.73 Å². The Bertz CT molecular complexity index is 838. The first-order chi connectivity index (χ1) is 11.9. The number of hydrogen-bond donors (Lipinski definition) is 1. The van der Waals surface area contributed by atoms with Crippen LogP contribution in [-0.4, -0.2) is 26.9 Å². The third-order valence-electron chi connectivity index (χ3n) is 5.93. The first-order valence-electron chi connectivity index (χ1n) is 8.61. The summed E-state index contributed by atoms with van der Waals surface area (Å²) < 4.78 is 13.2. The van der Waals surface area contributed by atoms with Crippen molar-refractivity contribution in [1.82, 2.24) is 14.9 Å². The van der Waals surface area contributed by atoms with Gasteiger partial charge < -0.3 is 10.6 Å². The molecule has 0 radical (unpaired) electrons. The smallest absolute Gasteiger partial charge is 0.315 e. The molecule has 2 aromatic rings. The van der Waals surface area contributed by atoms with E-state index in [4.69, 9.17) is 5.73 Å². The van der Waals surface area contributed by atoms with Crippen molar-refractivity contribution in [3.05, 3.63) is 47.5 Å². The van der Waals surface area contributed by atoms with E-state index in [9.17, 15) is 9.18 Å². The Morgan fingerprint density at radius 3 is 2.72 bits per heavy atom. The number of rotatable bonds is 2. The molecule has 130 valence electrons. The van der Waals surface area contributed by atoms with E-state index in [2.05, 4.69) is 23.0 Å². The molecule has 2 saturated heterocycles. The Kier molecular flexibility index (Phi) is 3.52. The van der Waals surface area contributed by atoms with Crippen molar-refractivity contribution >= 4 is 6.03 Å². The molecule has 1 aromatic heterocycles. The molecule has 5 nitrogen and oxygen atoms in total. The molecule has 3 heterocycles. The maximum atomic E-state index is 13.2. The van der Waals surface area contributed by atoms with Crippen LogP contribution >= 0.6 is 0 Å². The van der Waals surface area contributed by atoms with Crippen LogP contribution in [0, 0.1) is 18.7 Å². The van der Waals surface area contributed by atoms with Gasteiger partial charge in [0.05, 0.1) is 17.9 Å². The van der Waals surface area contributed by atoms with Crippen molar-refractivity contribution < 1.29 is 9.18 Å². The molecule has 3 atom stereocenters. The van der Waals surface area contributed by atoms with Gasteiger partial charge >= 0.3 is 6.03 Å². The Labute approximate surface area is 146 Å². The van der Waals surface area contributed by atoms with Gasteiger partial charge in [-0.1, -0.05) is 19.1 Å². The van der Waals surface area contributed by atoms with Gasteiger partial charge in [0.25, 0.3) is 0 Å². The van der Waals surface area contributed by atoms with Crippen LogP contribution in [0.5, 0.6) is 0 Å². The van der Waals surface area contributed by atoms with Gasteiger partial charge in [-0.25, -0.2) is 19.2 Å². The third-order valence-corrected chi connectivity index (χ3v) is 5.93. The Hall–Kier alpha value is -2.50. The molecule has 4 rings (SSSR count). The summed E-state index contributed by atoms with van der Waals surface area (Å²) in [4.78, 5) is 22.2. The van der Waals surface area contributed by atoms with E-state index in [1.807, 2.05) is 24.0 Å². The summed E-state index contributed by atoms with van der Waals surface area (Å²) in [6.45, 7) is 4.16. The van der Waals surface area contributed by atoms with E-state index in [1.54, 1.807) is 0 Å². The number of nitrogens with two attached hydrogens (primary N) is 1. The van der Waals surface area contributed by atoms with E-state index in [1.165, 1.54) is 12.4 Å². The predicted octanol–water partition coefficient (Wildman–Crippen LogP) is 3.37. The highest BCUT2D eigenvalue weighted by molar-refractivity contribution is 5.75. The first kappa shape index (κ1) is 16.0. The molecule has 2 N–H and O–H groups in total. The van der Waals surface area contributed by atoms with Crippen LogP contribution in [0.15, 0.2) is 30.6 Å². The van der Waals surface area contributed by atoms with Crippen LogP contribution in [-0.2, 0) is 5.54 Å². The monoisotopic (exact) mass is 340 g/mol. The van der Waals surface area contributed by atoms with E-state index in [0.717, 1.165) is 36.0 Å². The Balaban J connectivity index is 1.85. The SMILES string of the molecule is Cc1ccc(C23CCC(CC2C)N3C(N)=O)cc1-c1ncc(F)cn1. The highest BCUT2D eigenvalue weighted by Crippen LogP contribution is 2.56. The highest BCUT2D eigenvalue weighted by Gasteiger charge is 2.58. The number of hydrogen-bond acceptors (Lipinski definition) is 3. The van der Waals surface area contributed by atoms with Crippen LogP contribution in [0.3, 0.4) is 0 Å². The second kappa shape index (κ2) is 5.51. The second-order valence-electron chi connectivity index (χ2n) is 7.22. The van der Waals surface area contributed by atoms with Crippen molar-refractivity contribution in [3.63, 3.8) is 0 Å². The summed E-state index contributed by atoms with van der Waals surface area (Å²) in [7, 11) is 0. The number of aromatic nitrogens is 2. The normalized spacial score (nSPS) is 27.7. The topological polar surface area (TPSA) is 72.1 Å². The van der Waals surface area contributed by atoms with E-state index >= 15 is 0 Å². The molecular weight excluding hydrogens is 319 g/mol. The third kappa shape index (κ3) is 2.23. The van der Waals surface area contributed by atoms with Crippen LogP contribution in [0.1, 0.15) is 37.3 Å². The minimum atomic E-state index is -0.459. The van der Waals surface area contributed by atoms with Gasteiger partial charge in [0.15, 0.2) is 11.6 Å². The minimum absolute atomic E-state index is 0.222. The van der Waals surface area contributed by atoms with Crippen molar-refractivity contribution in [2.75, 3.05) is 0 Å². The molecule has 2 amide bonds. The molecule has 3 unspecified atom stereocenters. The molecule has 2 fully saturated rings. The fourth-order valence-corrected chi connectivity index (χ4v) is 4.80. The number of nitrogens with zero attached hydrogens (tertiary/aromatic N) is 3. The van der Waals surface area contributed by atoms with Gasteiger partial charge in [-0.3, -0.25) is 0 Å². The van der Waals surface area contributed by atoms with E-state index in [0.29, 0.717) is 11.7 Å². The molecule has 0 aliphatic carbocycles. The maximum Gasteiger partial charge on any atom is 0.315 e. The lowest BCUT2D eigenvalue weighted by atomic mass is 9.73. The number of fused-ring (bicyclic) bond motifs is 2. The molecule has 2 aliphatic rings. The lowest BCUT2D eigenvalue weighted by Gasteiger charge is -2.38.